The first-order chi connectivity index (χ1) is 13.7. The number of benzene rings is 2. The van der Waals surface area contributed by atoms with Gasteiger partial charge in [-0.3, -0.25) is 9.97 Å². The highest BCUT2D eigenvalue weighted by Gasteiger charge is 2.16. The van der Waals surface area contributed by atoms with E-state index in [1.165, 1.54) is 5.39 Å². The van der Waals surface area contributed by atoms with Crippen LogP contribution in [0.4, 0.5) is 0 Å². The van der Waals surface area contributed by atoms with Crippen LogP contribution < -0.4 is 5.73 Å². The first kappa shape index (κ1) is 16.5. The maximum Gasteiger partial charge on any atom is 0.0965 e. The second-order valence-corrected chi connectivity index (χ2v) is 6.82. The van der Waals surface area contributed by atoms with Crippen molar-refractivity contribution >= 4 is 21.9 Å². The van der Waals surface area contributed by atoms with Crippen LogP contribution in [-0.2, 0) is 7.05 Å². The summed E-state index contributed by atoms with van der Waals surface area (Å²) in [7, 11) is 2.05. The fourth-order valence-corrected chi connectivity index (χ4v) is 3.58. The van der Waals surface area contributed by atoms with Gasteiger partial charge in [-0.2, -0.15) is 10.2 Å². The van der Waals surface area contributed by atoms with Crippen LogP contribution in [0.15, 0.2) is 73.3 Å². The molecule has 6 nitrogen and oxygen atoms in total. The van der Waals surface area contributed by atoms with Crippen LogP contribution in [0, 0.1) is 0 Å². The standard InChI is InChI=1S/C22H18N6/c1-28-10-6-14-4-5-15(13-20(14)28)17-11-16(12-19-22(17)25-9-8-24-19)21(23)18-3-2-7-26-27-18/h2-13,21H,23H2,1H3. The number of rotatable bonds is 3. The molecule has 5 aromatic rings. The minimum Gasteiger partial charge on any atom is -0.351 e. The summed E-state index contributed by atoms with van der Waals surface area (Å²) in [5.74, 6) is 0. The van der Waals surface area contributed by atoms with Gasteiger partial charge < -0.3 is 10.3 Å². The molecule has 2 aromatic carbocycles. The zero-order chi connectivity index (χ0) is 19.1. The zero-order valence-electron chi connectivity index (χ0n) is 15.3. The second-order valence-electron chi connectivity index (χ2n) is 6.82. The molecule has 2 N–H and O–H groups in total. The summed E-state index contributed by atoms with van der Waals surface area (Å²) in [6.07, 6.45) is 7.12. The van der Waals surface area contributed by atoms with E-state index in [0.717, 1.165) is 38.9 Å². The van der Waals surface area contributed by atoms with Crippen molar-refractivity contribution in [3.05, 3.63) is 84.6 Å². The Balaban J connectivity index is 1.73. The predicted molar refractivity (Wildman–Crippen MR) is 110 cm³/mol. The van der Waals surface area contributed by atoms with Crippen molar-refractivity contribution in [3.8, 4) is 11.1 Å². The average Bonchev–Trinajstić information content (AvgIpc) is 3.13. The van der Waals surface area contributed by atoms with Crippen LogP contribution in [0.1, 0.15) is 17.3 Å². The van der Waals surface area contributed by atoms with Crippen LogP contribution in [-0.4, -0.2) is 24.7 Å². The lowest BCUT2D eigenvalue weighted by atomic mass is 9.96. The summed E-state index contributed by atoms with van der Waals surface area (Å²) in [5, 5.41) is 9.32. The number of nitrogens with zero attached hydrogens (tertiary/aromatic N) is 5. The molecule has 0 aliphatic rings. The largest absolute Gasteiger partial charge is 0.351 e. The van der Waals surface area contributed by atoms with E-state index in [1.54, 1.807) is 18.6 Å². The lowest BCUT2D eigenvalue weighted by Crippen LogP contribution is -2.14. The van der Waals surface area contributed by atoms with E-state index in [4.69, 9.17) is 5.73 Å². The van der Waals surface area contributed by atoms with Gasteiger partial charge in [0.05, 0.1) is 22.8 Å². The first-order valence-corrected chi connectivity index (χ1v) is 9.04. The van der Waals surface area contributed by atoms with Gasteiger partial charge in [-0.1, -0.05) is 12.1 Å². The average molecular weight is 366 g/mol. The van der Waals surface area contributed by atoms with Crippen LogP contribution in [0.2, 0.25) is 0 Å². The van der Waals surface area contributed by atoms with E-state index < -0.39 is 6.04 Å². The topological polar surface area (TPSA) is 82.5 Å². The summed E-state index contributed by atoms with van der Waals surface area (Å²) in [5.41, 5.74) is 13.0. The Morgan fingerprint density at radius 2 is 1.86 bits per heavy atom. The Morgan fingerprint density at radius 1 is 0.964 bits per heavy atom. The molecule has 0 saturated heterocycles. The normalized spacial score (nSPS) is 12.5. The van der Waals surface area contributed by atoms with Crippen molar-refractivity contribution in [3.63, 3.8) is 0 Å². The molecule has 0 aliphatic heterocycles. The fraction of sp³-hybridized carbons (Fsp3) is 0.0909. The number of aryl methyl sites for hydroxylation is 1. The predicted octanol–water partition coefficient (Wildman–Crippen LogP) is 3.63. The molecule has 0 saturated carbocycles. The minimum absolute atomic E-state index is 0.391. The zero-order valence-corrected chi connectivity index (χ0v) is 15.3. The van der Waals surface area contributed by atoms with Crippen molar-refractivity contribution < 1.29 is 0 Å². The van der Waals surface area contributed by atoms with Gasteiger partial charge in [0.2, 0.25) is 0 Å². The SMILES string of the molecule is Cn1ccc2ccc(-c3cc(C(N)c4cccnn4)cc4nccnc34)cc21. The third-order valence-electron chi connectivity index (χ3n) is 5.07. The summed E-state index contributed by atoms with van der Waals surface area (Å²) < 4.78 is 2.11. The molecular weight excluding hydrogens is 348 g/mol. The monoisotopic (exact) mass is 366 g/mol. The van der Waals surface area contributed by atoms with Gasteiger partial charge in [0, 0.05) is 42.9 Å². The van der Waals surface area contributed by atoms with E-state index in [-0.39, 0.29) is 0 Å². The molecule has 1 atom stereocenters. The van der Waals surface area contributed by atoms with E-state index in [9.17, 15) is 0 Å². The number of aromatic nitrogens is 5. The van der Waals surface area contributed by atoms with E-state index in [0.29, 0.717) is 0 Å². The molecule has 28 heavy (non-hydrogen) atoms. The first-order valence-electron chi connectivity index (χ1n) is 9.04. The number of nitrogens with two attached hydrogens (primary N) is 1. The van der Waals surface area contributed by atoms with E-state index in [2.05, 4.69) is 61.3 Å². The van der Waals surface area contributed by atoms with Crippen LogP contribution in [0.3, 0.4) is 0 Å². The molecule has 5 rings (SSSR count). The minimum atomic E-state index is -0.391. The Bertz CT molecular complexity index is 1290. The summed E-state index contributed by atoms with van der Waals surface area (Å²) in [6, 6.07) is 15.9. The Hall–Kier alpha value is -3.64. The van der Waals surface area contributed by atoms with Gasteiger partial charge in [-0.25, -0.2) is 0 Å². The lowest BCUT2D eigenvalue weighted by Gasteiger charge is -2.14. The number of hydrogen-bond acceptors (Lipinski definition) is 5. The highest BCUT2D eigenvalue weighted by Crippen LogP contribution is 2.32. The third kappa shape index (κ3) is 2.71. The van der Waals surface area contributed by atoms with Crippen LogP contribution in [0.5, 0.6) is 0 Å². The van der Waals surface area contributed by atoms with E-state index in [1.807, 2.05) is 25.2 Å². The Kier molecular flexibility index (Phi) is 3.84. The van der Waals surface area contributed by atoms with Crippen molar-refractivity contribution in [2.45, 2.75) is 6.04 Å². The van der Waals surface area contributed by atoms with Crippen molar-refractivity contribution in [2.24, 2.45) is 12.8 Å². The summed E-state index contributed by atoms with van der Waals surface area (Å²) in [6.45, 7) is 0. The smallest absolute Gasteiger partial charge is 0.0965 e. The highest BCUT2D eigenvalue weighted by atomic mass is 15.1. The Morgan fingerprint density at radius 3 is 2.71 bits per heavy atom. The van der Waals surface area contributed by atoms with Gasteiger partial charge in [0.25, 0.3) is 0 Å². The molecule has 0 radical (unpaired) electrons. The van der Waals surface area contributed by atoms with Gasteiger partial charge in [0.1, 0.15) is 0 Å². The molecule has 0 spiro atoms. The molecule has 0 fully saturated rings. The van der Waals surface area contributed by atoms with Crippen molar-refractivity contribution in [1.82, 2.24) is 24.7 Å². The highest BCUT2D eigenvalue weighted by molar-refractivity contribution is 5.95. The summed E-state index contributed by atoms with van der Waals surface area (Å²) >= 11 is 0. The number of hydrogen-bond donors (Lipinski definition) is 1. The Labute approximate surface area is 161 Å². The molecule has 1 unspecified atom stereocenters. The lowest BCUT2D eigenvalue weighted by molar-refractivity contribution is 0.792. The maximum absolute atomic E-state index is 6.50. The number of fused-ring (bicyclic) bond motifs is 2. The third-order valence-corrected chi connectivity index (χ3v) is 5.07. The molecule has 136 valence electrons. The van der Waals surface area contributed by atoms with Gasteiger partial charge in [-0.15, -0.1) is 0 Å². The molecule has 3 heterocycles. The molecule has 0 aliphatic carbocycles. The summed E-state index contributed by atoms with van der Waals surface area (Å²) in [4.78, 5) is 9.10. The van der Waals surface area contributed by atoms with E-state index >= 15 is 0 Å². The van der Waals surface area contributed by atoms with Gasteiger partial charge in [0.15, 0.2) is 0 Å². The second kappa shape index (κ2) is 6.51. The fourth-order valence-electron chi connectivity index (χ4n) is 3.58. The van der Waals surface area contributed by atoms with Crippen molar-refractivity contribution in [1.29, 1.82) is 0 Å². The maximum atomic E-state index is 6.50. The molecule has 0 amide bonds. The van der Waals surface area contributed by atoms with Gasteiger partial charge in [-0.05, 0) is 52.9 Å². The molecular formula is C22H18N6. The molecule has 3 aromatic heterocycles. The molecule has 0 bridgehead atoms. The van der Waals surface area contributed by atoms with Crippen LogP contribution >= 0.6 is 0 Å². The van der Waals surface area contributed by atoms with Crippen molar-refractivity contribution in [2.75, 3.05) is 0 Å². The van der Waals surface area contributed by atoms with Crippen LogP contribution in [0.25, 0.3) is 33.1 Å². The van der Waals surface area contributed by atoms with Gasteiger partial charge >= 0.3 is 0 Å². The quantitative estimate of drug-likeness (QED) is 0.527. The molecule has 6 heteroatoms.